The topological polar surface area (TPSA) is 41.1 Å². The average Bonchev–Trinajstić information content (AvgIpc) is 2.27. The Labute approximate surface area is 104 Å². The Morgan fingerprint density at radius 2 is 1.82 bits per heavy atom. The summed E-state index contributed by atoms with van der Waals surface area (Å²) >= 11 is 0. The fourth-order valence-electron chi connectivity index (χ4n) is 1.52. The molecule has 1 aromatic rings. The Balaban J connectivity index is 2.23. The second kappa shape index (κ2) is 7.07. The predicted octanol–water partition coefficient (Wildman–Crippen LogP) is 1.65. The highest BCUT2D eigenvalue weighted by Gasteiger charge is 2.02. The lowest BCUT2D eigenvalue weighted by Gasteiger charge is -2.09. The third-order valence-corrected chi connectivity index (χ3v) is 2.49. The van der Waals surface area contributed by atoms with Gasteiger partial charge in [-0.2, -0.15) is 0 Å². The van der Waals surface area contributed by atoms with Gasteiger partial charge in [0.05, 0.1) is 6.42 Å². The molecule has 0 aliphatic rings. The van der Waals surface area contributed by atoms with Gasteiger partial charge in [-0.3, -0.25) is 4.79 Å². The van der Waals surface area contributed by atoms with Gasteiger partial charge < -0.3 is 10.6 Å². The van der Waals surface area contributed by atoms with Crippen molar-refractivity contribution in [2.24, 2.45) is 0 Å². The molecule has 0 atom stereocenters. The quantitative estimate of drug-likeness (QED) is 0.735. The molecule has 0 saturated heterocycles. The number of aryl methyl sites for hydroxylation is 1. The number of benzene rings is 1. The second-order valence-corrected chi connectivity index (χ2v) is 4.62. The molecule has 1 aromatic carbocycles. The second-order valence-electron chi connectivity index (χ2n) is 4.62. The lowest BCUT2D eigenvalue weighted by atomic mass is 10.1. The van der Waals surface area contributed by atoms with E-state index in [1.165, 1.54) is 5.56 Å². The fraction of sp³-hybridized carbons (Fsp3) is 0.500. The molecule has 0 radical (unpaired) electrons. The van der Waals surface area contributed by atoms with Crippen LogP contribution in [-0.4, -0.2) is 25.0 Å². The lowest BCUT2D eigenvalue weighted by molar-refractivity contribution is -0.120. The van der Waals surface area contributed by atoms with E-state index in [1.54, 1.807) is 0 Å². The molecule has 0 spiro atoms. The number of hydrogen-bond acceptors (Lipinski definition) is 2. The molecule has 0 heterocycles. The van der Waals surface area contributed by atoms with Crippen LogP contribution in [0.3, 0.4) is 0 Å². The number of nitrogens with one attached hydrogen (secondary N) is 2. The summed E-state index contributed by atoms with van der Waals surface area (Å²) in [6.45, 7) is 7.73. The molecule has 3 nitrogen and oxygen atoms in total. The minimum absolute atomic E-state index is 0.0828. The fourth-order valence-corrected chi connectivity index (χ4v) is 1.52. The van der Waals surface area contributed by atoms with Crippen LogP contribution in [-0.2, 0) is 11.2 Å². The van der Waals surface area contributed by atoms with Crippen LogP contribution in [0.25, 0.3) is 0 Å². The van der Waals surface area contributed by atoms with Crippen molar-refractivity contribution in [1.29, 1.82) is 0 Å². The van der Waals surface area contributed by atoms with Gasteiger partial charge >= 0.3 is 0 Å². The summed E-state index contributed by atoms with van der Waals surface area (Å²) in [5.41, 5.74) is 2.28. The van der Waals surface area contributed by atoms with E-state index in [4.69, 9.17) is 0 Å². The molecule has 1 amide bonds. The van der Waals surface area contributed by atoms with Crippen LogP contribution in [0.1, 0.15) is 25.0 Å². The van der Waals surface area contributed by atoms with Gasteiger partial charge in [-0.05, 0) is 12.5 Å². The van der Waals surface area contributed by atoms with Gasteiger partial charge in [0.1, 0.15) is 0 Å². The largest absolute Gasteiger partial charge is 0.355 e. The Morgan fingerprint density at radius 1 is 1.18 bits per heavy atom. The SMILES string of the molecule is Cc1ccc(CC(=O)NCCNC(C)C)cc1. The molecule has 3 heteroatoms. The number of carbonyl (C=O) groups is 1. The number of rotatable bonds is 6. The van der Waals surface area contributed by atoms with Gasteiger partial charge in [0.2, 0.25) is 5.91 Å². The Hall–Kier alpha value is -1.35. The van der Waals surface area contributed by atoms with Gasteiger partial charge in [-0.15, -0.1) is 0 Å². The molecule has 2 N–H and O–H groups in total. The summed E-state index contributed by atoms with van der Waals surface area (Å²) in [6, 6.07) is 8.53. The van der Waals surface area contributed by atoms with E-state index in [0.717, 1.165) is 12.1 Å². The van der Waals surface area contributed by atoms with Crippen molar-refractivity contribution in [1.82, 2.24) is 10.6 Å². The van der Waals surface area contributed by atoms with Crippen molar-refractivity contribution in [3.63, 3.8) is 0 Å². The minimum Gasteiger partial charge on any atom is -0.355 e. The Kier molecular flexibility index (Phi) is 5.70. The van der Waals surface area contributed by atoms with Crippen molar-refractivity contribution >= 4 is 5.91 Å². The molecule has 0 fully saturated rings. The third-order valence-electron chi connectivity index (χ3n) is 2.49. The maximum Gasteiger partial charge on any atom is 0.224 e. The van der Waals surface area contributed by atoms with E-state index < -0.39 is 0 Å². The monoisotopic (exact) mass is 234 g/mol. The highest BCUT2D eigenvalue weighted by atomic mass is 16.1. The highest BCUT2D eigenvalue weighted by molar-refractivity contribution is 5.78. The first-order valence-corrected chi connectivity index (χ1v) is 6.13. The van der Waals surface area contributed by atoms with Crippen molar-refractivity contribution < 1.29 is 4.79 Å². The van der Waals surface area contributed by atoms with Gasteiger partial charge in [0.25, 0.3) is 0 Å². The molecule has 0 aliphatic heterocycles. The molecule has 94 valence electrons. The van der Waals surface area contributed by atoms with Gasteiger partial charge in [-0.1, -0.05) is 43.7 Å². The zero-order valence-electron chi connectivity index (χ0n) is 10.9. The summed E-state index contributed by atoms with van der Waals surface area (Å²) in [4.78, 5) is 11.6. The summed E-state index contributed by atoms with van der Waals surface area (Å²) in [6.07, 6.45) is 0.460. The van der Waals surface area contributed by atoms with E-state index in [2.05, 4.69) is 24.5 Å². The molecule has 1 rings (SSSR count). The smallest absolute Gasteiger partial charge is 0.224 e. The van der Waals surface area contributed by atoms with Gasteiger partial charge in [0, 0.05) is 19.1 Å². The van der Waals surface area contributed by atoms with E-state index >= 15 is 0 Å². The zero-order valence-corrected chi connectivity index (χ0v) is 10.9. The molecule has 0 aliphatic carbocycles. The normalized spacial score (nSPS) is 10.6. The summed E-state index contributed by atoms with van der Waals surface area (Å²) < 4.78 is 0. The molecule has 17 heavy (non-hydrogen) atoms. The molecular formula is C14H22N2O. The maximum absolute atomic E-state index is 11.6. The van der Waals surface area contributed by atoms with Crippen molar-refractivity contribution in [3.05, 3.63) is 35.4 Å². The maximum atomic E-state index is 11.6. The van der Waals surface area contributed by atoms with Crippen LogP contribution in [0.2, 0.25) is 0 Å². The number of hydrogen-bond donors (Lipinski definition) is 2. The van der Waals surface area contributed by atoms with Crippen molar-refractivity contribution in [2.75, 3.05) is 13.1 Å². The number of amides is 1. The van der Waals surface area contributed by atoms with Gasteiger partial charge in [-0.25, -0.2) is 0 Å². The average molecular weight is 234 g/mol. The molecule has 0 unspecified atom stereocenters. The molecule has 0 aromatic heterocycles. The van der Waals surface area contributed by atoms with Crippen LogP contribution < -0.4 is 10.6 Å². The van der Waals surface area contributed by atoms with Crippen LogP contribution in [0.5, 0.6) is 0 Å². The summed E-state index contributed by atoms with van der Waals surface area (Å²) in [5.74, 6) is 0.0828. The first-order chi connectivity index (χ1) is 8.08. The van der Waals surface area contributed by atoms with Crippen LogP contribution >= 0.6 is 0 Å². The summed E-state index contributed by atoms with van der Waals surface area (Å²) in [5, 5.41) is 6.16. The molecular weight excluding hydrogens is 212 g/mol. The first-order valence-electron chi connectivity index (χ1n) is 6.13. The molecule has 0 bridgehead atoms. The van der Waals surface area contributed by atoms with Crippen molar-refractivity contribution in [3.8, 4) is 0 Å². The van der Waals surface area contributed by atoms with E-state index in [1.807, 2.05) is 31.2 Å². The highest BCUT2D eigenvalue weighted by Crippen LogP contribution is 2.03. The Bertz CT molecular complexity index is 344. The molecule has 0 saturated carbocycles. The third kappa shape index (κ3) is 6.07. The van der Waals surface area contributed by atoms with Crippen LogP contribution in [0, 0.1) is 6.92 Å². The van der Waals surface area contributed by atoms with Crippen LogP contribution in [0.15, 0.2) is 24.3 Å². The van der Waals surface area contributed by atoms with E-state index in [-0.39, 0.29) is 5.91 Å². The standard InChI is InChI=1S/C14H22N2O/c1-11(2)15-8-9-16-14(17)10-13-6-4-12(3)5-7-13/h4-7,11,15H,8-10H2,1-3H3,(H,16,17). The van der Waals surface area contributed by atoms with E-state index in [9.17, 15) is 4.79 Å². The van der Waals surface area contributed by atoms with E-state index in [0.29, 0.717) is 19.0 Å². The van der Waals surface area contributed by atoms with Gasteiger partial charge in [0.15, 0.2) is 0 Å². The minimum atomic E-state index is 0.0828. The Morgan fingerprint density at radius 3 is 2.41 bits per heavy atom. The first kappa shape index (κ1) is 13.7. The predicted molar refractivity (Wildman–Crippen MR) is 71.0 cm³/mol. The zero-order chi connectivity index (χ0) is 12.7. The lowest BCUT2D eigenvalue weighted by Crippen LogP contribution is -2.35. The van der Waals surface area contributed by atoms with Crippen molar-refractivity contribution in [2.45, 2.75) is 33.2 Å². The number of carbonyl (C=O) groups excluding carboxylic acids is 1. The summed E-state index contributed by atoms with van der Waals surface area (Å²) in [7, 11) is 0. The van der Waals surface area contributed by atoms with Crippen LogP contribution in [0.4, 0.5) is 0 Å².